The number of nitrogens with one attached hydrogen (secondary N) is 2. The second-order valence-corrected chi connectivity index (χ2v) is 3.76. The number of nitrogen functional groups attached to an aromatic ring is 1. The summed E-state index contributed by atoms with van der Waals surface area (Å²) < 4.78 is 7.44. The molecule has 0 bridgehead atoms. The molecule has 3 heterocycles. The molecule has 3 rings (SSSR count). The topological polar surface area (TPSA) is 120 Å². The van der Waals surface area contributed by atoms with Crippen LogP contribution in [0.3, 0.4) is 0 Å². The minimum absolute atomic E-state index is 0.245. The Bertz CT molecular complexity index is 702. The van der Waals surface area contributed by atoms with Gasteiger partial charge >= 0.3 is 0 Å². The van der Waals surface area contributed by atoms with Gasteiger partial charge in [-0.05, 0) is 6.92 Å². The smallest absolute Gasteiger partial charge is 0.242 e. The first kappa shape index (κ1) is 11.4. The van der Waals surface area contributed by atoms with Crippen molar-refractivity contribution in [1.29, 1.82) is 0 Å². The minimum Gasteiger partial charge on any atom is -0.435 e. The van der Waals surface area contributed by atoms with E-state index in [9.17, 15) is 0 Å². The highest BCUT2D eigenvalue weighted by molar-refractivity contribution is 5.80. The molecule has 19 heavy (non-hydrogen) atoms. The van der Waals surface area contributed by atoms with Crippen molar-refractivity contribution in [1.82, 2.24) is 29.9 Å². The summed E-state index contributed by atoms with van der Waals surface area (Å²) in [6.45, 7) is 2.76. The number of nitrogens with zero attached hydrogens (tertiary/aromatic N) is 5. The van der Waals surface area contributed by atoms with Gasteiger partial charge in [0.1, 0.15) is 5.39 Å². The number of ether oxygens (including phenoxy) is 1. The molecule has 4 N–H and O–H groups in total. The molecular formula is C10H12N8O. The predicted molar refractivity (Wildman–Crippen MR) is 67.5 cm³/mol. The van der Waals surface area contributed by atoms with E-state index < -0.39 is 0 Å². The summed E-state index contributed by atoms with van der Waals surface area (Å²) in [5.74, 6) is 6.51. The van der Waals surface area contributed by atoms with E-state index in [1.54, 1.807) is 23.3 Å². The normalized spacial score (nSPS) is 10.8. The van der Waals surface area contributed by atoms with Crippen LogP contribution in [-0.4, -0.2) is 29.9 Å². The van der Waals surface area contributed by atoms with Crippen LogP contribution in [0.1, 0.15) is 6.92 Å². The Labute approximate surface area is 107 Å². The Balaban J connectivity index is 2.01. The molecule has 0 radical (unpaired) electrons. The highest BCUT2D eigenvalue weighted by Crippen LogP contribution is 2.26. The van der Waals surface area contributed by atoms with Crippen molar-refractivity contribution < 1.29 is 4.74 Å². The van der Waals surface area contributed by atoms with Gasteiger partial charge in [-0.25, -0.2) is 5.84 Å². The second kappa shape index (κ2) is 4.53. The van der Waals surface area contributed by atoms with Crippen LogP contribution in [0.2, 0.25) is 0 Å². The van der Waals surface area contributed by atoms with Gasteiger partial charge in [-0.2, -0.15) is 20.2 Å². The standard InChI is InChI=1S/C10H12N8O/c1-2-18-5-6(3-13-18)19-9-7-4-12-17-8(7)14-10(15-9)16-11/h3-5H,2,11H2,1H3,(H2,12,14,15,16,17). The molecule has 0 fully saturated rings. The molecule has 0 aliphatic carbocycles. The first-order valence-electron chi connectivity index (χ1n) is 5.68. The van der Waals surface area contributed by atoms with Crippen LogP contribution in [-0.2, 0) is 6.54 Å². The van der Waals surface area contributed by atoms with E-state index in [4.69, 9.17) is 10.6 Å². The molecule has 0 spiro atoms. The van der Waals surface area contributed by atoms with Crippen molar-refractivity contribution in [2.45, 2.75) is 13.5 Å². The number of aryl methyl sites for hydroxylation is 1. The van der Waals surface area contributed by atoms with Crippen LogP contribution in [0.15, 0.2) is 18.6 Å². The van der Waals surface area contributed by atoms with Crippen LogP contribution in [0.25, 0.3) is 11.0 Å². The first-order valence-corrected chi connectivity index (χ1v) is 5.68. The van der Waals surface area contributed by atoms with Gasteiger partial charge in [0.05, 0.1) is 18.6 Å². The average molecular weight is 260 g/mol. The highest BCUT2D eigenvalue weighted by Gasteiger charge is 2.12. The Morgan fingerprint density at radius 1 is 1.42 bits per heavy atom. The third-order valence-corrected chi connectivity index (χ3v) is 2.55. The number of nitrogens with two attached hydrogens (primary N) is 1. The molecule has 9 heteroatoms. The van der Waals surface area contributed by atoms with Crippen molar-refractivity contribution >= 4 is 17.0 Å². The van der Waals surface area contributed by atoms with Crippen LogP contribution in [0.5, 0.6) is 11.6 Å². The lowest BCUT2D eigenvalue weighted by Crippen LogP contribution is -2.10. The summed E-state index contributed by atoms with van der Waals surface area (Å²) in [6, 6.07) is 0. The molecule has 0 saturated carbocycles. The zero-order chi connectivity index (χ0) is 13.2. The molecular weight excluding hydrogens is 248 g/mol. The zero-order valence-corrected chi connectivity index (χ0v) is 10.2. The Hall–Kier alpha value is -2.68. The number of hydrazine groups is 1. The number of hydrogen-bond acceptors (Lipinski definition) is 7. The van der Waals surface area contributed by atoms with Crippen LogP contribution in [0.4, 0.5) is 5.95 Å². The Morgan fingerprint density at radius 3 is 3.05 bits per heavy atom. The number of H-pyrrole nitrogens is 1. The summed E-state index contributed by atoms with van der Waals surface area (Å²) in [4.78, 5) is 8.27. The van der Waals surface area contributed by atoms with Crippen molar-refractivity contribution in [2.75, 3.05) is 5.43 Å². The Kier molecular flexibility index (Phi) is 2.72. The average Bonchev–Trinajstić information content (AvgIpc) is 3.06. The highest BCUT2D eigenvalue weighted by atomic mass is 16.5. The third kappa shape index (κ3) is 2.06. The van der Waals surface area contributed by atoms with Crippen molar-refractivity contribution in [3.05, 3.63) is 18.6 Å². The van der Waals surface area contributed by atoms with Gasteiger partial charge in [0.2, 0.25) is 11.8 Å². The number of fused-ring (bicyclic) bond motifs is 1. The summed E-state index contributed by atoms with van der Waals surface area (Å²) in [5, 5.41) is 11.4. The van der Waals surface area contributed by atoms with E-state index in [-0.39, 0.29) is 5.95 Å². The minimum atomic E-state index is 0.245. The molecule has 0 aliphatic rings. The van der Waals surface area contributed by atoms with Gasteiger partial charge in [-0.1, -0.05) is 0 Å². The molecule has 0 atom stereocenters. The molecule has 3 aromatic rings. The van der Waals surface area contributed by atoms with Gasteiger partial charge in [-0.15, -0.1) is 0 Å². The molecule has 0 unspecified atom stereocenters. The summed E-state index contributed by atoms with van der Waals surface area (Å²) in [6.07, 6.45) is 4.99. The lowest BCUT2D eigenvalue weighted by atomic mass is 10.4. The molecule has 0 amide bonds. The molecule has 0 saturated heterocycles. The number of aromatic amines is 1. The van der Waals surface area contributed by atoms with E-state index in [2.05, 4.69) is 30.7 Å². The largest absolute Gasteiger partial charge is 0.435 e. The lowest BCUT2D eigenvalue weighted by molar-refractivity contribution is 0.467. The van der Waals surface area contributed by atoms with Crippen molar-refractivity contribution in [3.8, 4) is 11.6 Å². The number of rotatable bonds is 4. The number of anilines is 1. The predicted octanol–water partition coefficient (Wildman–Crippen LogP) is 0.647. The number of aromatic nitrogens is 6. The van der Waals surface area contributed by atoms with E-state index in [0.29, 0.717) is 22.7 Å². The van der Waals surface area contributed by atoms with E-state index in [1.807, 2.05) is 6.92 Å². The molecule has 3 aromatic heterocycles. The third-order valence-electron chi connectivity index (χ3n) is 2.55. The van der Waals surface area contributed by atoms with Crippen molar-refractivity contribution in [2.24, 2.45) is 5.84 Å². The van der Waals surface area contributed by atoms with Gasteiger partial charge in [0.15, 0.2) is 11.4 Å². The number of hydrogen-bond donors (Lipinski definition) is 3. The second-order valence-electron chi connectivity index (χ2n) is 3.76. The maximum atomic E-state index is 5.68. The SMILES string of the molecule is CCn1cc(Oc2nc(NN)nc3[nH]ncc23)cn1. The van der Waals surface area contributed by atoms with Gasteiger partial charge in [-0.3, -0.25) is 15.2 Å². The first-order chi connectivity index (χ1) is 9.30. The summed E-state index contributed by atoms with van der Waals surface area (Å²) in [5.41, 5.74) is 2.92. The monoisotopic (exact) mass is 260 g/mol. The summed E-state index contributed by atoms with van der Waals surface area (Å²) in [7, 11) is 0. The molecule has 9 nitrogen and oxygen atoms in total. The Morgan fingerprint density at radius 2 is 2.32 bits per heavy atom. The van der Waals surface area contributed by atoms with Crippen LogP contribution < -0.4 is 16.0 Å². The maximum Gasteiger partial charge on any atom is 0.242 e. The van der Waals surface area contributed by atoms with E-state index in [0.717, 1.165) is 6.54 Å². The lowest BCUT2D eigenvalue weighted by Gasteiger charge is -2.04. The maximum absolute atomic E-state index is 5.68. The summed E-state index contributed by atoms with van der Waals surface area (Å²) >= 11 is 0. The zero-order valence-electron chi connectivity index (χ0n) is 10.2. The van der Waals surface area contributed by atoms with Gasteiger partial charge in [0.25, 0.3) is 0 Å². The molecule has 98 valence electrons. The van der Waals surface area contributed by atoms with Crippen LogP contribution in [0, 0.1) is 0 Å². The van der Waals surface area contributed by atoms with Crippen LogP contribution >= 0.6 is 0 Å². The fourth-order valence-corrected chi connectivity index (χ4v) is 1.63. The fourth-order valence-electron chi connectivity index (χ4n) is 1.63. The van der Waals surface area contributed by atoms with Crippen molar-refractivity contribution in [3.63, 3.8) is 0 Å². The van der Waals surface area contributed by atoms with Gasteiger partial charge in [0, 0.05) is 6.54 Å². The quantitative estimate of drug-likeness (QED) is 0.465. The fraction of sp³-hybridized carbons (Fsp3) is 0.200. The molecule has 0 aromatic carbocycles. The van der Waals surface area contributed by atoms with Gasteiger partial charge < -0.3 is 4.74 Å². The van der Waals surface area contributed by atoms with E-state index in [1.165, 1.54) is 0 Å². The van der Waals surface area contributed by atoms with E-state index >= 15 is 0 Å². The molecule has 0 aliphatic heterocycles.